The number of amides is 1. The second kappa shape index (κ2) is 9.05. The van der Waals surface area contributed by atoms with Gasteiger partial charge in [0.1, 0.15) is 17.5 Å². The first-order chi connectivity index (χ1) is 15.1. The third-order valence-electron chi connectivity index (χ3n) is 5.05. The predicted octanol–water partition coefficient (Wildman–Crippen LogP) is 2.22. The standard InChI is InChI=1S/C22H24N6O3/c1-27(2)22-25-12-17(15-4-6-16(30-3)7-5-15)20(26-22)19-14-28(10-11-31-19)21(29)18-13-23-8-9-24-18/h4-9,12-13,19H,10-11,14H2,1-3H3/t19-/m1/s1. The molecule has 160 valence electrons. The molecule has 0 radical (unpaired) electrons. The Hall–Kier alpha value is -3.59. The van der Waals surface area contributed by atoms with Crippen molar-refractivity contribution in [1.82, 2.24) is 24.8 Å². The van der Waals surface area contributed by atoms with Crippen LogP contribution in [0.25, 0.3) is 11.1 Å². The van der Waals surface area contributed by atoms with Gasteiger partial charge < -0.3 is 19.3 Å². The molecule has 0 aliphatic carbocycles. The summed E-state index contributed by atoms with van der Waals surface area (Å²) >= 11 is 0. The van der Waals surface area contributed by atoms with Crippen molar-refractivity contribution in [2.75, 3.05) is 45.8 Å². The van der Waals surface area contributed by atoms with Gasteiger partial charge in [-0.1, -0.05) is 12.1 Å². The van der Waals surface area contributed by atoms with Crippen LogP contribution in [0.4, 0.5) is 5.95 Å². The number of carbonyl (C=O) groups excluding carboxylic acids is 1. The molecule has 9 heteroatoms. The van der Waals surface area contributed by atoms with Crippen molar-refractivity contribution in [2.45, 2.75) is 6.10 Å². The molecule has 1 saturated heterocycles. The van der Waals surface area contributed by atoms with E-state index < -0.39 is 6.10 Å². The first-order valence-electron chi connectivity index (χ1n) is 9.92. The number of benzene rings is 1. The maximum absolute atomic E-state index is 12.9. The summed E-state index contributed by atoms with van der Waals surface area (Å²) in [7, 11) is 5.41. The van der Waals surface area contributed by atoms with Gasteiger partial charge in [0, 0.05) is 44.8 Å². The monoisotopic (exact) mass is 420 g/mol. The van der Waals surface area contributed by atoms with E-state index in [-0.39, 0.29) is 5.91 Å². The number of hydrogen-bond donors (Lipinski definition) is 0. The number of morpholine rings is 1. The Morgan fingerprint density at radius 1 is 1.16 bits per heavy atom. The van der Waals surface area contributed by atoms with E-state index in [1.807, 2.05) is 43.3 Å². The number of anilines is 1. The zero-order valence-electron chi connectivity index (χ0n) is 17.7. The summed E-state index contributed by atoms with van der Waals surface area (Å²) in [4.78, 5) is 33.8. The third kappa shape index (κ3) is 4.46. The van der Waals surface area contributed by atoms with E-state index in [2.05, 4.69) is 15.0 Å². The molecule has 1 aliphatic rings. The first kappa shape index (κ1) is 20.7. The number of aromatic nitrogens is 4. The SMILES string of the molecule is COc1ccc(-c2cnc(N(C)C)nc2[C@H]2CN(C(=O)c3cnccn3)CCO2)cc1. The first-order valence-corrected chi connectivity index (χ1v) is 9.92. The Bertz CT molecular complexity index is 1040. The Labute approximate surface area is 180 Å². The van der Waals surface area contributed by atoms with Gasteiger partial charge in [-0.15, -0.1) is 0 Å². The molecule has 9 nitrogen and oxygen atoms in total. The van der Waals surface area contributed by atoms with Crippen molar-refractivity contribution in [2.24, 2.45) is 0 Å². The highest BCUT2D eigenvalue weighted by molar-refractivity contribution is 5.92. The number of methoxy groups -OCH3 is 1. The fourth-order valence-electron chi connectivity index (χ4n) is 3.41. The summed E-state index contributed by atoms with van der Waals surface area (Å²) in [6, 6.07) is 7.71. The van der Waals surface area contributed by atoms with Gasteiger partial charge in [-0.3, -0.25) is 9.78 Å². The van der Waals surface area contributed by atoms with Gasteiger partial charge in [0.05, 0.1) is 32.2 Å². The van der Waals surface area contributed by atoms with E-state index in [1.165, 1.54) is 12.4 Å². The lowest BCUT2D eigenvalue weighted by molar-refractivity contribution is -0.0246. The molecule has 2 aromatic heterocycles. The van der Waals surface area contributed by atoms with Crippen molar-refractivity contribution in [1.29, 1.82) is 0 Å². The second-order valence-corrected chi connectivity index (χ2v) is 7.29. The number of hydrogen-bond acceptors (Lipinski definition) is 8. The van der Waals surface area contributed by atoms with E-state index in [0.717, 1.165) is 22.6 Å². The van der Waals surface area contributed by atoms with Gasteiger partial charge >= 0.3 is 0 Å². The van der Waals surface area contributed by atoms with Gasteiger partial charge in [0.2, 0.25) is 5.95 Å². The molecule has 1 aromatic carbocycles. The summed E-state index contributed by atoms with van der Waals surface area (Å²) in [6.07, 6.45) is 5.94. The molecule has 4 rings (SSSR count). The molecule has 3 aromatic rings. The van der Waals surface area contributed by atoms with Gasteiger partial charge in [-0.25, -0.2) is 15.0 Å². The molecule has 0 saturated carbocycles. The minimum absolute atomic E-state index is 0.172. The van der Waals surface area contributed by atoms with E-state index in [0.29, 0.717) is 31.3 Å². The number of ether oxygens (including phenoxy) is 2. The van der Waals surface area contributed by atoms with Crippen molar-refractivity contribution in [3.05, 3.63) is 60.4 Å². The minimum Gasteiger partial charge on any atom is -0.497 e. The molecule has 1 aliphatic heterocycles. The zero-order chi connectivity index (χ0) is 21.8. The van der Waals surface area contributed by atoms with Crippen LogP contribution in [0.1, 0.15) is 22.3 Å². The average Bonchev–Trinajstić information content (AvgIpc) is 2.84. The maximum atomic E-state index is 12.9. The summed E-state index contributed by atoms with van der Waals surface area (Å²) in [5.74, 6) is 1.17. The molecule has 1 atom stereocenters. The highest BCUT2D eigenvalue weighted by Crippen LogP contribution is 2.32. The Morgan fingerprint density at radius 3 is 2.65 bits per heavy atom. The lowest BCUT2D eigenvalue weighted by Gasteiger charge is -2.33. The Morgan fingerprint density at radius 2 is 1.97 bits per heavy atom. The largest absolute Gasteiger partial charge is 0.497 e. The lowest BCUT2D eigenvalue weighted by atomic mass is 10.0. The maximum Gasteiger partial charge on any atom is 0.274 e. The van der Waals surface area contributed by atoms with E-state index in [1.54, 1.807) is 24.4 Å². The van der Waals surface area contributed by atoms with Crippen LogP contribution in [0, 0.1) is 0 Å². The molecular weight excluding hydrogens is 396 g/mol. The Balaban J connectivity index is 1.67. The van der Waals surface area contributed by atoms with Crippen LogP contribution in [-0.2, 0) is 4.74 Å². The summed E-state index contributed by atoms with van der Waals surface area (Å²) < 4.78 is 11.3. The fraction of sp³-hybridized carbons (Fsp3) is 0.318. The fourth-order valence-corrected chi connectivity index (χ4v) is 3.41. The van der Waals surface area contributed by atoms with Crippen LogP contribution in [0.2, 0.25) is 0 Å². The Kier molecular flexibility index (Phi) is 6.03. The lowest BCUT2D eigenvalue weighted by Crippen LogP contribution is -2.43. The second-order valence-electron chi connectivity index (χ2n) is 7.29. The van der Waals surface area contributed by atoms with Crippen LogP contribution in [0.15, 0.2) is 49.1 Å². The molecule has 3 heterocycles. The summed E-state index contributed by atoms with van der Waals surface area (Å²) in [5, 5.41) is 0. The third-order valence-corrected chi connectivity index (χ3v) is 5.05. The van der Waals surface area contributed by atoms with Crippen molar-refractivity contribution in [3.63, 3.8) is 0 Å². The predicted molar refractivity (Wildman–Crippen MR) is 115 cm³/mol. The summed E-state index contributed by atoms with van der Waals surface area (Å²) in [6.45, 7) is 1.25. The quantitative estimate of drug-likeness (QED) is 0.620. The van der Waals surface area contributed by atoms with Crippen LogP contribution >= 0.6 is 0 Å². The molecule has 0 unspecified atom stereocenters. The van der Waals surface area contributed by atoms with Crippen molar-refractivity contribution in [3.8, 4) is 16.9 Å². The van der Waals surface area contributed by atoms with E-state index >= 15 is 0 Å². The van der Waals surface area contributed by atoms with Crippen LogP contribution in [0.5, 0.6) is 5.75 Å². The van der Waals surface area contributed by atoms with Gasteiger partial charge in [-0.05, 0) is 17.7 Å². The molecule has 31 heavy (non-hydrogen) atoms. The number of carbonyl (C=O) groups is 1. The van der Waals surface area contributed by atoms with Crippen LogP contribution < -0.4 is 9.64 Å². The van der Waals surface area contributed by atoms with E-state index in [9.17, 15) is 4.79 Å². The summed E-state index contributed by atoms with van der Waals surface area (Å²) in [5.41, 5.74) is 2.85. The number of nitrogens with zero attached hydrogens (tertiary/aromatic N) is 6. The molecule has 0 N–H and O–H groups in total. The zero-order valence-corrected chi connectivity index (χ0v) is 17.7. The normalized spacial score (nSPS) is 16.1. The molecule has 1 amide bonds. The van der Waals surface area contributed by atoms with Crippen LogP contribution in [-0.4, -0.2) is 71.6 Å². The molecule has 0 bridgehead atoms. The topological polar surface area (TPSA) is 93.6 Å². The van der Waals surface area contributed by atoms with Gasteiger partial charge in [-0.2, -0.15) is 0 Å². The molecule has 0 spiro atoms. The average molecular weight is 420 g/mol. The molecular formula is C22H24N6O3. The smallest absolute Gasteiger partial charge is 0.274 e. The van der Waals surface area contributed by atoms with Crippen LogP contribution in [0.3, 0.4) is 0 Å². The minimum atomic E-state index is -0.395. The van der Waals surface area contributed by atoms with Gasteiger partial charge in [0.15, 0.2) is 0 Å². The molecule has 1 fully saturated rings. The highest BCUT2D eigenvalue weighted by Gasteiger charge is 2.30. The highest BCUT2D eigenvalue weighted by atomic mass is 16.5. The van der Waals surface area contributed by atoms with Crippen molar-refractivity contribution < 1.29 is 14.3 Å². The number of rotatable bonds is 5. The van der Waals surface area contributed by atoms with Crippen molar-refractivity contribution >= 4 is 11.9 Å². The van der Waals surface area contributed by atoms with Gasteiger partial charge in [0.25, 0.3) is 5.91 Å². The van der Waals surface area contributed by atoms with E-state index in [4.69, 9.17) is 14.5 Å².